The minimum atomic E-state index is -1.62. The fourth-order valence-electron chi connectivity index (χ4n) is 9.41. The summed E-state index contributed by atoms with van der Waals surface area (Å²) in [6, 6.07) is 5.77. The Hall–Kier alpha value is -6.33. The lowest BCUT2D eigenvalue weighted by molar-refractivity contribution is -0.159. The number of nitrogens with zero attached hydrogens (tertiary/aromatic N) is 5. The topological polar surface area (TPSA) is 320 Å². The number of unbranched alkanes of at least 4 members (excludes halogenated alkanes) is 1. The molecule has 6 rings (SSSR count). The fraction of sp³-hybridized carbons (Fsp3) is 0.644. The number of carbonyl (C=O) groups is 5. The summed E-state index contributed by atoms with van der Waals surface area (Å²) in [5.41, 5.74) is 9.82. The molecule has 5 heterocycles. The van der Waals surface area contributed by atoms with Gasteiger partial charge in [-0.05, 0) is 74.9 Å². The molecule has 0 saturated heterocycles. The van der Waals surface area contributed by atoms with E-state index < -0.39 is 41.7 Å². The van der Waals surface area contributed by atoms with Gasteiger partial charge in [-0.1, -0.05) is 32.4 Å². The maximum Gasteiger partial charge on any atom is 0.509 e. The Labute approximate surface area is 494 Å². The molecule has 0 fully saturated rings. The maximum absolute atomic E-state index is 13.9. The van der Waals surface area contributed by atoms with Gasteiger partial charge in [-0.15, -0.1) is 5.10 Å². The van der Waals surface area contributed by atoms with Crippen LogP contribution in [0.25, 0.3) is 22.3 Å². The van der Waals surface area contributed by atoms with Crippen LogP contribution in [-0.2, 0) is 102 Å². The number of hydrogen-bond acceptors (Lipinski definition) is 23. The number of esters is 1. The zero-order chi connectivity index (χ0) is 60.8. The minimum absolute atomic E-state index is 0.0927. The molecular weight excluding hydrogens is 1110 g/mol. The molecular formula is C59H85N7O19. The summed E-state index contributed by atoms with van der Waals surface area (Å²) in [6.07, 6.45) is 1.68. The molecule has 85 heavy (non-hydrogen) atoms. The van der Waals surface area contributed by atoms with Crippen LogP contribution in [0.5, 0.6) is 5.75 Å². The summed E-state index contributed by atoms with van der Waals surface area (Å²) in [6.45, 7) is 14.5. The van der Waals surface area contributed by atoms with Gasteiger partial charge in [-0.3, -0.25) is 19.2 Å². The van der Waals surface area contributed by atoms with Crippen molar-refractivity contribution in [2.45, 2.75) is 104 Å². The third kappa shape index (κ3) is 22.5. The smallest absolute Gasteiger partial charge is 0.508 e. The van der Waals surface area contributed by atoms with E-state index in [0.29, 0.717) is 168 Å². The highest BCUT2D eigenvalue weighted by Gasteiger charge is 2.39. The molecule has 3 unspecified atom stereocenters. The molecule has 0 aliphatic carbocycles. The number of fused-ring (bicyclic) bond motifs is 5. The number of aromatic nitrogens is 5. The van der Waals surface area contributed by atoms with Crippen molar-refractivity contribution in [3.63, 3.8) is 0 Å². The summed E-state index contributed by atoms with van der Waals surface area (Å²) in [5.74, 6) is -2.82. The zero-order valence-electron chi connectivity index (χ0n) is 49.5. The number of ketones is 2. The van der Waals surface area contributed by atoms with E-state index in [1.807, 2.05) is 33.9 Å². The van der Waals surface area contributed by atoms with Crippen LogP contribution < -0.4 is 16.6 Å². The third-order valence-corrected chi connectivity index (χ3v) is 14.0. The van der Waals surface area contributed by atoms with Gasteiger partial charge in [0.15, 0.2) is 11.6 Å². The number of amides is 1. The molecule has 0 radical (unpaired) electrons. The molecule has 2 aliphatic rings. The summed E-state index contributed by atoms with van der Waals surface area (Å²) in [5, 5.41) is 21.8. The van der Waals surface area contributed by atoms with Crippen LogP contribution in [0.1, 0.15) is 93.3 Å². The monoisotopic (exact) mass is 1200 g/mol. The Morgan fingerprint density at radius 2 is 1.39 bits per heavy atom. The molecule has 2 aliphatic heterocycles. The Morgan fingerprint density at radius 3 is 1.98 bits per heavy atom. The average molecular weight is 1200 g/mol. The van der Waals surface area contributed by atoms with Crippen LogP contribution >= 0.6 is 0 Å². The number of aryl methyl sites for hydroxylation is 2. The van der Waals surface area contributed by atoms with Gasteiger partial charge in [0, 0.05) is 48.1 Å². The Balaban J connectivity index is 0.775. The Kier molecular flexibility index (Phi) is 29.7. The number of nitrogens with one attached hydrogen (secondary N) is 1. The molecule has 0 spiro atoms. The molecule has 470 valence electrons. The highest BCUT2D eigenvalue weighted by molar-refractivity contribution is 5.90. The van der Waals surface area contributed by atoms with Crippen LogP contribution in [0.15, 0.2) is 35.3 Å². The summed E-state index contributed by atoms with van der Waals surface area (Å²) in [7, 11) is 0. The second-order valence-corrected chi connectivity index (χ2v) is 20.7. The molecule has 4 aromatic rings. The van der Waals surface area contributed by atoms with E-state index >= 15 is 0 Å². The largest absolute Gasteiger partial charge is 0.509 e. The van der Waals surface area contributed by atoms with Gasteiger partial charge >= 0.3 is 12.1 Å². The number of carbonyl (C=O) groups excluding carboxylic acids is 5. The van der Waals surface area contributed by atoms with E-state index in [-0.39, 0.29) is 80.2 Å². The lowest BCUT2D eigenvalue weighted by Gasteiger charge is -2.27. The zero-order valence-corrected chi connectivity index (χ0v) is 49.5. The number of phenols is 1. The number of phenolic OH excluding ortho intramolecular Hbond substituents is 1. The number of hydrogen-bond donors (Lipinski definition) is 3. The molecule has 4 N–H and O–H groups in total. The Morgan fingerprint density at radius 1 is 0.776 bits per heavy atom. The van der Waals surface area contributed by atoms with Crippen molar-refractivity contribution in [3.05, 3.63) is 68.8 Å². The molecule has 3 atom stereocenters. The lowest BCUT2D eigenvalue weighted by atomic mass is 9.94. The SMILES string of the molecule is CCc1c2c(nc3ccc(O)cc13)-c1cc3c(c(=O)n1C2)COC(=O)C3OC(=O)OCC(NC(=O)C(CCCCN)CC(=O)COCC(=O)CCCOCCOCCOCCOCCOCCOCCOCCOCCn1cc(C)nn1)C(C)C. The number of ether oxygens (including phenoxy) is 12. The number of aromatic hydroxyl groups is 1. The number of nitrogens with two attached hydrogens (primary N) is 1. The fourth-order valence-corrected chi connectivity index (χ4v) is 9.41. The first-order valence-corrected chi connectivity index (χ1v) is 29.3. The van der Waals surface area contributed by atoms with E-state index in [1.165, 1.54) is 6.07 Å². The van der Waals surface area contributed by atoms with Gasteiger partial charge in [0.2, 0.25) is 12.0 Å². The molecule has 26 heteroatoms. The van der Waals surface area contributed by atoms with Crippen LogP contribution in [-0.4, -0.2) is 197 Å². The number of rotatable bonds is 45. The van der Waals surface area contributed by atoms with Crippen molar-refractivity contribution >= 4 is 40.5 Å². The minimum Gasteiger partial charge on any atom is -0.508 e. The normalized spacial score (nSPS) is 14.2. The van der Waals surface area contributed by atoms with Gasteiger partial charge in [0.05, 0.1) is 146 Å². The highest BCUT2D eigenvalue weighted by atomic mass is 16.7. The first-order valence-electron chi connectivity index (χ1n) is 29.3. The quantitative estimate of drug-likeness (QED) is 0.0368. The van der Waals surface area contributed by atoms with E-state index in [2.05, 4.69) is 15.6 Å². The molecule has 26 nitrogen and oxygen atoms in total. The van der Waals surface area contributed by atoms with Crippen LogP contribution in [0, 0.1) is 18.8 Å². The predicted octanol–water partition coefficient (Wildman–Crippen LogP) is 3.89. The predicted molar refractivity (Wildman–Crippen MR) is 306 cm³/mol. The molecule has 3 aromatic heterocycles. The average Bonchev–Trinajstić information content (AvgIpc) is 1.68. The molecule has 1 amide bonds. The van der Waals surface area contributed by atoms with Crippen molar-refractivity contribution in [1.29, 1.82) is 0 Å². The lowest BCUT2D eigenvalue weighted by Crippen LogP contribution is -2.45. The summed E-state index contributed by atoms with van der Waals surface area (Å²) in [4.78, 5) is 84.6. The third-order valence-electron chi connectivity index (χ3n) is 14.0. The van der Waals surface area contributed by atoms with E-state index in [4.69, 9.17) is 67.6 Å². The van der Waals surface area contributed by atoms with E-state index in [9.17, 15) is 33.9 Å². The van der Waals surface area contributed by atoms with Gasteiger partial charge < -0.3 is 77.6 Å². The first kappa shape index (κ1) is 67.8. The maximum atomic E-state index is 13.9. The van der Waals surface area contributed by atoms with Crippen LogP contribution in [0.3, 0.4) is 0 Å². The van der Waals surface area contributed by atoms with Gasteiger partial charge in [-0.25, -0.2) is 19.3 Å². The van der Waals surface area contributed by atoms with E-state index in [0.717, 1.165) is 22.2 Å². The van der Waals surface area contributed by atoms with Crippen molar-refractivity contribution in [2.75, 3.05) is 132 Å². The van der Waals surface area contributed by atoms with Crippen LogP contribution in [0.2, 0.25) is 0 Å². The second-order valence-electron chi connectivity index (χ2n) is 20.7. The highest BCUT2D eigenvalue weighted by Crippen LogP contribution is 2.39. The van der Waals surface area contributed by atoms with Crippen molar-refractivity contribution in [3.8, 4) is 17.1 Å². The van der Waals surface area contributed by atoms with Crippen molar-refractivity contribution < 1.29 is 85.9 Å². The number of pyridine rings is 2. The van der Waals surface area contributed by atoms with Gasteiger partial charge in [-0.2, -0.15) is 0 Å². The standard InChI is InChI=1S/C59H85N7O19/c1-5-46-47-32-43(67)11-12-51(47)61-54-49(46)35-66-53(54)33-48-50(57(66)71)38-83-58(72)55(48)85-59(73)84-39-52(40(2)3)62-56(70)42(9-6-7-13-60)31-45(69)37-82-36-44(68)10-8-15-74-17-19-76-21-23-78-25-27-80-29-30-81-28-26-79-24-22-77-20-18-75-16-14-65-34-41(4)63-64-65/h11-12,32-34,40,42,52,55,67H,5-10,13-31,35-39,60H2,1-4H3,(H,62,70). The number of Topliss-reactive ketones (excluding diaryl/α,β-unsaturated/α-hetero) is 2. The molecule has 0 saturated carbocycles. The van der Waals surface area contributed by atoms with E-state index in [1.54, 1.807) is 27.4 Å². The van der Waals surface area contributed by atoms with Crippen LogP contribution in [0.4, 0.5) is 4.79 Å². The first-order chi connectivity index (χ1) is 41.3. The summed E-state index contributed by atoms with van der Waals surface area (Å²) < 4.78 is 69.2. The summed E-state index contributed by atoms with van der Waals surface area (Å²) >= 11 is 0. The number of benzene rings is 1. The molecule has 1 aromatic carbocycles. The second kappa shape index (κ2) is 37.3. The number of cyclic esters (lactones) is 1. The Bertz CT molecular complexity index is 2810. The van der Waals surface area contributed by atoms with Gasteiger partial charge in [0.1, 0.15) is 32.2 Å². The van der Waals surface area contributed by atoms with Crippen molar-refractivity contribution in [2.24, 2.45) is 17.6 Å². The molecule has 0 bridgehead atoms. The van der Waals surface area contributed by atoms with Crippen molar-refractivity contribution in [1.82, 2.24) is 29.9 Å². The van der Waals surface area contributed by atoms with Gasteiger partial charge in [0.25, 0.3) is 5.56 Å².